The molecule has 0 aliphatic carbocycles. The normalized spacial score (nSPS) is 11.0. The van der Waals surface area contributed by atoms with Gasteiger partial charge in [-0.25, -0.2) is 12.7 Å². The molecule has 0 aromatic heterocycles. The van der Waals surface area contributed by atoms with E-state index in [0.717, 1.165) is 9.87 Å². The highest BCUT2D eigenvalue weighted by atomic mass is 35.5. The van der Waals surface area contributed by atoms with E-state index in [1.807, 2.05) is 18.2 Å². The lowest BCUT2D eigenvalue weighted by Crippen LogP contribution is -2.23. The largest absolute Gasteiger partial charge is 0.492 e. The van der Waals surface area contributed by atoms with Crippen LogP contribution in [0.3, 0.4) is 0 Å². The number of aryl methyl sites for hydroxylation is 1. The Labute approximate surface area is 172 Å². The highest BCUT2D eigenvalue weighted by Gasteiger charge is 2.23. The molecule has 154 valence electrons. The molecule has 0 unspecified atom stereocenters. The summed E-state index contributed by atoms with van der Waals surface area (Å²) in [7, 11) is -0.818. The van der Waals surface area contributed by atoms with Crippen LogP contribution in [0.4, 0.5) is 11.4 Å². The van der Waals surface area contributed by atoms with Crippen molar-refractivity contribution in [3.05, 3.63) is 48.0 Å². The predicted molar refractivity (Wildman–Crippen MR) is 114 cm³/mol. The maximum Gasteiger partial charge on any atom is 0.246 e. The number of rotatable bonds is 8. The van der Waals surface area contributed by atoms with Crippen molar-refractivity contribution >= 4 is 39.7 Å². The average molecular weight is 428 g/mol. The fraction of sp³-hybridized carbons (Fsp3) is 0.316. The SMILES string of the molecule is CCOc1ccc(NC(=O)CCc2ccccc2N)cc1S(=O)(=O)N(C)C.Cl. The van der Waals surface area contributed by atoms with Crippen LogP contribution in [-0.4, -0.2) is 39.3 Å². The van der Waals surface area contributed by atoms with Crippen molar-refractivity contribution in [1.82, 2.24) is 4.31 Å². The van der Waals surface area contributed by atoms with Gasteiger partial charge in [-0.15, -0.1) is 12.4 Å². The number of hydrogen-bond acceptors (Lipinski definition) is 5. The van der Waals surface area contributed by atoms with Gasteiger partial charge in [0.15, 0.2) is 0 Å². The first-order chi connectivity index (χ1) is 12.8. The minimum Gasteiger partial charge on any atom is -0.492 e. The lowest BCUT2D eigenvalue weighted by Gasteiger charge is -2.16. The van der Waals surface area contributed by atoms with Gasteiger partial charge in [0, 0.05) is 31.9 Å². The molecule has 0 saturated carbocycles. The van der Waals surface area contributed by atoms with Crippen LogP contribution in [-0.2, 0) is 21.2 Å². The molecule has 0 radical (unpaired) electrons. The van der Waals surface area contributed by atoms with Gasteiger partial charge in [0.1, 0.15) is 10.6 Å². The van der Waals surface area contributed by atoms with Crippen LogP contribution in [0.2, 0.25) is 0 Å². The summed E-state index contributed by atoms with van der Waals surface area (Å²) in [4.78, 5) is 12.3. The summed E-state index contributed by atoms with van der Waals surface area (Å²) in [6, 6.07) is 12.0. The van der Waals surface area contributed by atoms with Crippen LogP contribution < -0.4 is 15.8 Å². The molecular formula is C19H26ClN3O4S. The average Bonchev–Trinajstić information content (AvgIpc) is 2.62. The van der Waals surface area contributed by atoms with Crippen LogP contribution in [0, 0.1) is 0 Å². The van der Waals surface area contributed by atoms with E-state index in [4.69, 9.17) is 10.5 Å². The summed E-state index contributed by atoms with van der Waals surface area (Å²) in [6.07, 6.45) is 0.732. The Kier molecular flexibility index (Phi) is 8.74. The maximum absolute atomic E-state index is 12.5. The first kappa shape index (κ1) is 23.7. The highest BCUT2D eigenvalue weighted by Crippen LogP contribution is 2.29. The van der Waals surface area contributed by atoms with Gasteiger partial charge in [0.05, 0.1) is 6.61 Å². The molecular weight excluding hydrogens is 402 g/mol. The zero-order chi connectivity index (χ0) is 20.0. The molecule has 9 heteroatoms. The summed E-state index contributed by atoms with van der Waals surface area (Å²) in [5.41, 5.74) is 7.82. The Morgan fingerprint density at radius 3 is 2.46 bits per heavy atom. The monoisotopic (exact) mass is 427 g/mol. The third-order valence-corrected chi connectivity index (χ3v) is 5.80. The van der Waals surface area contributed by atoms with Crippen molar-refractivity contribution < 1.29 is 17.9 Å². The summed E-state index contributed by atoms with van der Waals surface area (Å²) in [5.74, 6) is 0.0249. The van der Waals surface area contributed by atoms with Gasteiger partial charge >= 0.3 is 0 Å². The summed E-state index contributed by atoms with van der Waals surface area (Å²) in [6.45, 7) is 2.11. The number of sulfonamides is 1. The lowest BCUT2D eigenvalue weighted by atomic mass is 10.1. The molecule has 3 N–H and O–H groups in total. The minimum atomic E-state index is -3.71. The molecule has 0 atom stereocenters. The first-order valence-corrected chi connectivity index (χ1v) is 10.0. The van der Waals surface area contributed by atoms with Crippen molar-refractivity contribution in [2.45, 2.75) is 24.7 Å². The molecule has 28 heavy (non-hydrogen) atoms. The maximum atomic E-state index is 12.5. The second-order valence-corrected chi connectivity index (χ2v) is 8.25. The van der Waals surface area contributed by atoms with Crippen molar-refractivity contribution in [3.63, 3.8) is 0 Å². The van der Waals surface area contributed by atoms with E-state index in [-0.39, 0.29) is 35.4 Å². The number of amides is 1. The van der Waals surface area contributed by atoms with E-state index in [1.54, 1.807) is 25.1 Å². The van der Waals surface area contributed by atoms with Gasteiger partial charge < -0.3 is 15.8 Å². The van der Waals surface area contributed by atoms with E-state index in [1.165, 1.54) is 20.2 Å². The number of para-hydroxylation sites is 1. The molecule has 7 nitrogen and oxygen atoms in total. The molecule has 0 aliphatic rings. The van der Waals surface area contributed by atoms with Gasteiger partial charge in [-0.05, 0) is 43.2 Å². The smallest absolute Gasteiger partial charge is 0.246 e. The number of halogens is 1. The number of hydrogen-bond donors (Lipinski definition) is 2. The molecule has 0 saturated heterocycles. The number of carbonyl (C=O) groups is 1. The Hall–Kier alpha value is -2.29. The quantitative estimate of drug-likeness (QED) is 0.630. The Morgan fingerprint density at radius 1 is 1.18 bits per heavy atom. The number of nitrogens with two attached hydrogens (primary N) is 1. The number of nitrogens with one attached hydrogen (secondary N) is 1. The van der Waals surface area contributed by atoms with Crippen LogP contribution in [0.15, 0.2) is 47.4 Å². The number of carbonyl (C=O) groups excluding carboxylic acids is 1. The molecule has 0 bridgehead atoms. The molecule has 0 heterocycles. The fourth-order valence-corrected chi connectivity index (χ4v) is 3.54. The number of benzene rings is 2. The second-order valence-electron chi connectivity index (χ2n) is 6.13. The van der Waals surface area contributed by atoms with E-state index >= 15 is 0 Å². The predicted octanol–water partition coefficient (Wildman–Crippen LogP) is 2.91. The van der Waals surface area contributed by atoms with Crippen molar-refractivity contribution in [3.8, 4) is 5.75 Å². The topological polar surface area (TPSA) is 102 Å². The van der Waals surface area contributed by atoms with Crippen LogP contribution in [0.1, 0.15) is 18.9 Å². The van der Waals surface area contributed by atoms with Gasteiger partial charge in [-0.3, -0.25) is 4.79 Å². The summed E-state index contributed by atoms with van der Waals surface area (Å²) >= 11 is 0. The lowest BCUT2D eigenvalue weighted by molar-refractivity contribution is -0.116. The highest BCUT2D eigenvalue weighted by molar-refractivity contribution is 7.89. The number of ether oxygens (including phenoxy) is 1. The second kappa shape index (κ2) is 10.3. The third kappa shape index (κ3) is 5.85. The molecule has 0 aliphatic heterocycles. The van der Waals surface area contributed by atoms with Crippen LogP contribution in [0.5, 0.6) is 5.75 Å². The van der Waals surface area contributed by atoms with Crippen LogP contribution in [0.25, 0.3) is 0 Å². The number of anilines is 2. The molecule has 0 spiro atoms. The Balaban J connectivity index is 0.00000392. The Morgan fingerprint density at radius 2 is 1.86 bits per heavy atom. The van der Waals surface area contributed by atoms with Gasteiger partial charge in [0.2, 0.25) is 15.9 Å². The third-order valence-electron chi connectivity index (χ3n) is 3.96. The zero-order valence-corrected chi connectivity index (χ0v) is 17.8. The van der Waals surface area contributed by atoms with Gasteiger partial charge in [0.25, 0.3) is 0 Å². The minimum absolute atomic E-state index is 0. The standard InChI is InChI=1S/C19H25N3O4S.ClH/c1-4-26-17-11-10-15(13-18(17)27(24,25)22(2)3)21-19(23)12-9-14-7-5-6-8-16(14)20;/h5-8,10-11,13H,4,9,12,20H2,1-3H3,(H,21,23);1H. The van der Waals surface area contributed by atoms with Gasteiger partial charge in [-0.2, -0.15) is 0 Å². The van der Waals surface area contributed by atoms with E-state index in [2.05, 4.69) is 5.32 Å². The van der Waals surface area contributed by atoms with Crippen molar-refractivity contribution in [1.29, 1.82) is 0 Å². The van der Waals surface area contributed by atoms with E-state index in [0.29, 0.717) is 24.4 Å². The first-order valence-electron chi connectivity index (χ1n) is 8.58. The molecule has 2 aromatic carbocycles. The summed E-state index contributed by atoms with van der Waals surface area (Å²) < 4.78 is 31.6. The fourth-order valence-electron chi connectivity index (χ4n) is 2.49. The molecule has 2 aromatic rings. The van der Waals surface area contributed by atoms with Crippen molar-refractivity contribution in [2.75, 3.05) is 31.8 Å². The summed E-state index contributed by atoms with van der Waals surface area (Å²) in [5, 5.41) is 2.73. The Bertz CT molecular complexity index is 917. The zero-order valence-electron chi connectivity index (χ0n) is 16.1. The molecule has 2 rings (SSSR count). The number of nitrogen functional groups attached to an aromatic ring is 1. The molecule has 0 fully saturated rings. The van der Waals surface area contributed by atoms with Crippen molar-refractivity contribution in [2.24, 2.45) is 0 Å². The molecule has 1 amide bonds. The van der Waals surface area contributed by atoms with Crippen LogP contribution >= 0.6 is 12.4 Å². The van der Waals surface area contributed by atoms with E-state index < -0.39 is 10.0 Å². The number of nitrogens with zero attached hydrogens (tertiary/aromatic N) is 1. The van der Waals surface area contributed by atoms with Gasteiger partial charge in [-0.1, -0.05) is 18.2 Å². The van der Waals surface area contributed by atoms with E-state index in [9.17, 15) is 13.2 Å².